The number of carbonyl (C=O) groups excluding carboxylic acids is 2. The van der Waals surface area contributed by atoms with Crippen LogP contribution in [0.2, 0.25) is 0 Å². The van der Waals surface area contributed by atoms with E-state index in [1.807, 2.05) is 60.4 Å². The van der Waals surface area contributed by atoms with Crippen molar-refractivity contribution >= 4 is 17.5 Å². The molecule has 1 saturated heterocycles. The first-order valence-electron chi connectivity index (χ1n) is 9.05. The Morgan fingerprint density at radius 3 is 2.59 bits per heavy atom. The molecule has 0 unspecified atom stereocenters. The zero-order valence-corrected chi connectivity index (χ0v) is 15.8. The Balaban J connectivity index is 1.53. The van der Waals surface area contributed by atoms with Crippen molar-refractivity contribution in [2.75, 3.05) is 38.2 Å². The summed E-state index contributed by atoms with van der Waals surface area (Å²) in [5.74, 6) is 0.574. The molecule has 6 heteroatoms. The summed E-state index contributed by atoms with van der Waals surface area (Å²) in [5.41, 5.74) is 3.02. The van der Waals surface area contributed by atoms with Gasteiger partial charge in [-0.15, -0.1) is 0 Å². The van der Waals surface area contributed by atoms with Crippen molar-refractivity contribution in [3.63, 3.8) is 0 Å². The molecular weight excluding hydrogens is 342 g/mol. The molecular formula is C21H25N3O3. The van der Waals surface area contributed by atoms with Gasteiger partial charge in [-0.1, -0.05) is 36.4 Å². The minimum atomic E-state index is -0.0724. The molecule has 0 radical (unpaired) electrons. The number of nitrogens with one attached hydrogen (secondary N) is 1. The molecule has 0 bridgehead atoms. The molecule has 142 valence electrons. The van der Waals surface area contributed by atoms with Gasteiger partial charge < -0.3 is 15.0 Å². The maximum absolute atomic E-state index is 12.6. The molecule has 3 rings (SSSR count). The number of benzene rings is 2. The molecule has 27 heavy (non-hydrogen) atoms. The van der Waals surface area contributed by atoms with E-state index in [4.69, 9.17) is 4.74 Å². The number of ether oxygens (including phenoxy) is 1. The molecule has 0 aromatic heterocycles. The van der Waals surface area contributed by atoms with Crippen molar-refractivity contribution in [1.29, 1.82) is 0 Å². The first-order valence-corrected chi connectivity index (χ1v) is 9.05. The molecule has 1 heterocycles. The number of rotatable bonds is 6. The molecule has 2 aromatic rings. The number of methoxy groups -OCH3 is 1. The molecule has 1 N–H and O–H groups in total. The number of aryl methyl sites for hydroxylation is 1. The van der Waals surface area contributed by atoms with Gasteiger partial charge in [-0.05, 0) is 30.2 Å². The number of hydrogen-bond donors (Lipinski definition) is 1. The zero-order valence-electron chi connectivity index (χ0n) is 15.8. The summed E-state index contributed by atoms with van der Waals surface area (Å²) in [5, 5.41) is 2.94. The van der Waals surface area contributed by atoms with Crippen LogP contribution in [0.5, 0.6) is 5.75 Å². The molecule has 0 spiro atoms. The van der Waals surface area contributed by atoms with Gasteiger partial charge in [0.1, 0.15) is 5.75 Å². The lowest BCUT2D eigenvalue weighted by Gasteiger charge is -2.34. The summed E-state index contributed by atoms with van der Waals surface area (Å²) < 4.78 is 5.35. The van der Waals surface area contributed by atoms with E-state index in [2.05, 4.69) is 5.32 Å². The number of hydrogen-bond acceptors (Lipinski definition) is 4. The van der Waals surface area contributed by atoms with Crippen LogP contribution in [0.4, 0.5) is 5.69 Å². The van der Waals surface area contributed by atoms with Gasteiger partial charge in [0.15, 0.2) is 0 Å². The highest BCUT2D eigenvalue weighted by Gasteiger charge is 2.27. The second-order valence-electron chi connectivity index (χ2n) is 6.63. The third-order valence-corrected chi connectivity index (χ3v) is 4.78. The highest BCUT2D eigenvalue weighted by atomic mass is 16.5. The van der Waals surface area contributed by atoms with E-state index in [0.29, 0.717) is 25.4 Å². The predicted octanol–water partition coefficient (Wildman–Crippen LogP) is 1.97. The normalized spacial score (nSPS) is 14.9. The Morgan fingerprint density at radius 2 is 1.85 bits per heavy atom. The van der Waals surface area contributed by atoms with E-state index in [9.17, 15) is 9.59 Å². The number of amides is 2. The summed E-state index contributed by atoms with van der Waals surface area (Å²) >= 11 is 0. The Labute approximate surface area is 159 Å². The lowest BCUT2D eigenvalue weighted by atomic mass is 10.1. The van der Waals surface area contributed by atoms with Gasteiger partial charge in [-0.3, -0.25) is 14.5 Å². The van der Waals surface area contributed by atoms with Crippen molar-refractivity contribution in [2.45, 2.75) is 13.5 Å². The fourth-order valence-corrected chi connectivity index (χ4v) is 3.23. The Bertz CT molecular complexity index is 822. The topological polar surface area (TPSA) is 61.9 Å². The Morgan fingerprint density at radius 1 is 1.11 bits per heavy atom. The summed E-state index contributed by atoms with van der Waals surface area (Å²) in [6, 6.07) is 15.5. The van der Waals surface area contributed by atoms with E-state index in [0.717, 1.165) is 16.8 Å². The molecule has 2 amide bonds. The Kier molecular flexibility index (Phi) is 6.08. The predicted molar refractivity (Wildman–Crippen MR) is 105 cm³/mol. The molecule has 2 aromatic carbocycles. The smallest absolute Gasteiger partial charge is 0.241 e. The minimum absolute atomic E-state index is 0.0301. The lowest BCUT2D eigenvalue weighted by molar-refractivity contribution is -0.125. The van der Waals surface area contributed by atoms with E-state index in [-0.39, 0.29) is 24.9 Å². The monoisotopic (exact) mass is 367 g/mol. The van der Waals surface area contributed by atoms with Gasteiger partial charge in [-0.2, -0.15) is 0 Å². The van der Waals surface area contributed by atoms with E-state index < -0.39 is 0 Å². The Hall–Kier alpha value is -2.86. The number of carbonyl (C=O) groups is 2. The summed E-state index contributed by atoms with van der Waals surface area (Å²) in [6.07, 6.45) is 0. The van der Waals surface area contributed by atoms with E-state index in [1.165, 1.54) is 0 Å². The summed E-state index contributed by atoms with van der Waals surface area (Å²) in [6.45, 7) is 4.14. The summed E-state index contributed by atoms with van der Waals surface area (Å²) in [4.78, 5) is 28.4. The van der Waals surface area contributed by atoms with Crippen LogP contribution in [0.25, 0.3) is 0 Å². The second-order valence-corrected chi connectivity index (χ2v) is 6.63. The van der Waals surface area contributed by atoms with Crippen molar-refractivity contribution in [3.05, 3.63) is 59.7 Å². The van der Waals surface area contributed by atoms with Gasteiger partial charge in [0, 0.05) is 19.6 Å². The van der Waals surface area contributed by atoms with Crippen LogP contribution in [0.3, 0.4) is 0 Å². The minimum Gasteiger partial charge on any atom is -0.495 e. The first-order chi connectivity index (χ1) is 13.1. The third kappa shape index (κ3) is 4.65. The van der Waals surface area contributed by atoms with Crippen molar-refractivity contribution in [2.24, 2.45) is 0 Å². The molecule has 0 saturated carbocycles. The SMILES string of the molecule is COc1ccccc1N1CCN(CC(=O)NCc2ccccc2C)CC1=O. The lowest BCUT2D eigenvalue weighted by Crippen LogP contribution is -2.52. The van der Waals surface area contributed by atoms with Crippen LogP contribution in [-0.2, 0) is 16.1 Å². The van der Waals surface area contributed by atoms with Gasteiger partial charge >= 0.3 is 0 Å². The maximum Gasteiger partial charge on any atom is 0.241 e. The third-order valence-electron chi connectivity index (χ3n) is 4.78. The van der Waals surface area contributed by atoms with Gasteiger partial charge in [0.25, 0.3) is 0 Å². The molecule has 0 aliphatic carbocycles. The zero-order chi connectivity index (χ0) is 19.2. The number of piperazine rings is 1. The van der Waals surface area contributed by atoms with Crippen LogP contribution in [0.1, 0.15) is 11.1 Å². The van der Waals surface area contributed by atoms with Crippen molar-refractivity contribution in [3.8, 4) is 5.75 Å². The molecule has 6 nitrogen and oxygen atoms in total. The largest absolute Gasteiger partial charge is 0.495 e. The van der Waals surface area contributed by atoms with E-state index >= 15 is 0 Å². The van der Waals surface area contributed by atoms with Crippen LogP contribution < -0.4 is 15.0 Å². The van der Waals surface area contributed by atoms with Crippen molar-refractivity contribution < 1.29 is 14.3 Å². The highest BCUT2D eigenvalue weighted by molar-refractivity contribution is 5.97. The number of para-hydroxylation sites is 2. The van der Waals surface area contributed by atoms with Crippen molar-refractivity contribution in [1.82, 2.24) is 10.2 Å². The molecule has 1 aliphatic heterocycles. The van der Waals surface area contributed by atoms with Crippen LogP contribution in [-0.4, -0.2) is 50.0 Å². The second kappa shape index (κ2) is 8.68. The fourth-order valence-electron chi connectivity index (χ4n) is 3.23. The first kappa shape index (κ1) is 18.9. The van der Waals surface area contributed by atoms with Crippen LogP contribution >= 0.6 is 0 Å². The average Bonchev–Trinajstić information content (AvgIpc) is 2.67. The number of nitrogens with zero attached hydrogens (tertiary/aromatic N) is 2. The average molecular weight is 367 g/mol. The molecule has 1 fully saturated rings. The van der Waals surface area contributed by atoms with Gasteiger partial charge in [0.05, 0.1) is 25.9 Å². The standard InChI is InChI=1S/C21H25N3O3/c1-16-7-3-4-8-17(16)13-22-20(25)14-23-11-12-24(21(26)15-23)18-9-5-6-10-19(18)27-2/h3-10H,11-15H2,1-2H3,(H,22,25). The maximum atomic E-state index is 12.6. The van der Waals surface area contributed by atoms with Gasteiger partial charge in [0.2, 0.25) is 11.8 Å². The van der Waals surface area contributed by atoms with Gasteiger partial charge in [-0.25, -0.2) is 0 Å². The van der Waals surface area contributed by atoms with Crippen LogP contribution in [0.15, 0.2) is 48.5 Å². The summed E-state index contributed by atoms with van der Waals surface area (Å²) in [7, 11) is 1.60. The molecule has 0 atom stereocenters. The molecule has 1 aliphatic rings. The highest BCUT2D eigenvalue weighted by Crippen LogP contribution is 2.28. The number of anilines is 1. The van der Waals surface area contributed by atoms with Crippen LogP contribution in [0, 0.1) is 6.92 Å². The quantitative estimate of drug-likeness (QED) is 0.848. The van der Waals surface area contributed by atoms with E-state index in [1.54, 1.807) is 12.0 Å². The fraction of sp³-hybridized carbons (Fsp3) is 0.333.